The van der Waals surface area contributed by atoms with E-state index in [0.29, 0.717) is 6.61 Å². The van der Waals surface area contributed by atoms with Gasteiger partial charge in [-0.15, -0.1) is 0 Å². The number of urea groups is 1. The number of carbonyl (C=O) groups excluding carboxylic acids is 1. The van der Waals surface area contributed by atoms with Gasteiger partial charge in [0.25, 0.3) is 0 Å². The Hall–Kier alpha value is -1.71. The predicted octanol–water partition coefficient (Wildman–Crippen LogP) is 3.24. The highest BCUT2D eigenvalue weighted by Gasteiger charge is 2.11. The molecule has 4 heteroatoms. The van der Waals surface area contributed by atoms with Gasteiger partial charge < -0.3 is 15.4 Å². The fourth-order valence-corrected chi connectivity index (χ4v) is 1.69. The van der Waals surface area contributed by atoms with E-state index in [1.165, 1.54) is 0 Å². The first-order valence-corrected chi connectivity index (χ1v) is 6.86. The molecule has 1 aromatic carbocycles. The summed E-state index contributed by atoms with van der Waals surface area (Å²) in [7, 11) is 0. The second-order valence-electron chi connectivity index (χ2n) is 4.65. The Balaban J connectivity index is 2.59. The Kier molecular flexibility index (Phi) is 6.19. The van der Waals surface area contributed by atoms with Gasteiger partial charge in [0.1, 0.15) is 5.75 Å². The van der Waals surface area contributed by atoms with E-state index < -0.39 is 0 Å². The molecule has 0 unspecified atom stereocenters. The van der Waals surface area contributed by atoms with Crippen molar-refractivity contribution in [1.82, 2.24) is 10.6 Å². The first-order chi connectivity index (χ1) is 9.06. The molecule has 0 fully saturated rings. The number of hydrogen-bond acceptors (Lipinski definition) is 2. The van der Waals surface area contributed by atoms with Crippen molar-refractivity contribution < 1.29 is 9.53 Å². The molecule has 0 saturated heterocycles. The van der Waals surface area contributed by atoms with Crippen LogP contribution in [-0.2, 0) is 0 Å². The molecule has 0 radical (unpaired) electrons. The van der Waals surface area contributed by atoms with Crippen LogP contribution in [0.1, 0.15) is 45.7 Å². The fraction of sp³-hybridized carbons (Fsp3) is 0.533. The maximum Gasteiger partial charge on any atom is 0.315 e. The Labute approximate surface area is 115 Å². The average Bonchev–Trinajstić information content (AvgIpc) is 2.39. The molecule has 0 heterocycles. The molecule has 1 rings (SSSR count). The Morgan fingerprint density at radius 2 is 2.00 bits per heavy atom. The van der Waals surface area contributed by atoms with E-state index in [2.05, 4.69) is 10.6 Å². The Bertz CT molecular complexity index is 407. The van der Waals surface area contributed by atoms with Crippen LogP contribution in [0.2, 0.25) is 0 Å². The topological polar surface area (TPSA) is 50.4 Å². The molecular formula is C15H24N2O2. The maximum atomic E-state index is 11.8. The lowest BCUT2D eigenvalue weighted by Gasteiger charge is -2.18. The van der Waals surface area contributed by atoms with E-state index in [1.54, 1.807) is 0 Å². The highest BCUT2D eigenvalue weighted by molar-refractivity contribution is 5.74. The minimum Gasteiger partial charge on any atom is -0.494 e. The van der Waals surface area contributed by atoms with E-state index >= 15 is 0 Å². The summed E-state index contributed by atoms with van der Waals surface area (Å²) >= 11 is 0. The van der Waals surface area contributed by atoms with Gasteiger partial charge >= 0.3 is 6.03 Å². The predicted molar refractivity (Wildman–Crippen MR) is 77.4 cm³/mol. The molecule has 0 bridgehead atoms. The zero-order chi connectivity index (χ0) is 14.3. The number of rotatable bonds is 6. The van der Waals surface area contributed by atoms with Crippen molar-refractivity contribution in [2.75, 3.05) is 6.61 Å². The van der Waals surface area contributed by atoms with Gasteiger partial charge in [-0.05, 0) is 44.9 Å². The zero-order valence-corrected chi connectivity index (χ0v) is 12.2. The van der Waals surface area contributed by atoms with E-state index in [9.17, 15) is 4.79 Å². The standard InChI is InChI=1S/C15H24N2O2/c1-5-11(3)16-15(18)17-12(4)13-8-7-9-14(10-13)19-6-2/h7-12H,5-6H2,1-4H3,(H2,16,17,18)/t11-,12-/m0/s1. The summed E-state index contributed by atoms with van der Waals surface area (Å²) in [5, 5.41) is 5.81. The number of carbonyl (C=O) groups is 1. The molecule has 0 aliphatic heterocycles. The van der Waals surface area contributed by atoms with Crippen LogP contribution in [0.25, 0.3) is 0 Å². The first kappa shape index (κ1) is 15.3. The normalized spacial score (nSPS) is 13.5. The fourth-order valence-electron chi connectivity index (χ4n) is 1.69. The lowest BCUT2D eigenvalue weighted by atomic mass is 10.1. The molecule has 0 spiro atoms. The third-order valence-electron chi connectivity index (χ3n) is 3.01. The molecule has 19 heavy (non-hydrogen) atoms. The summed E-state index contributed by atoms with van der Waals surface area (Å²) in [6.45, 7) is 8.58. The summed E-state index contributed by atoms with van der Waals surface area (Å²) < 4.78 is 5.46. The average molecular weight is 264 g/mol. The lowest BCUT2D eigenvalue weighted by molar-refractivity contribution is 0.234. The van der Waals surface area contributed by atoms with Gasteiger partial charge in [-0.25, -0.2) is 4.79 Å². The third-order valence-corrected chi connectivity index (χ3v) is 3.01. The van der Waals surface area contributed by atoms with E-state index in [4.69, 9.17) is 4.74 Å². The monoisotopic (exact) mass is 264 g/mol. The summed E-state index contributed by atoms with van der Waals surface area (Å²) in [4.78, 5) is 11.8. The molecule has 0 aliphatic carbocycles. The molecule has 4 nitrogen and oxygen atoms in total. The van der Waals surface area contributed by atoms with Crippen LogP contribution in [0.15, 0.2) is 24.3 Å². The minimum atomic E-state index is -0.135. The summed E-state index contributed by atoms with van der Waals surface area (Å²) in [6.07, 6.45) is 0.918. The zero-order valence-electron chi connectivity index (χ0n) is 12.2. The number of amides is 2. The van der Waals surface area contributed by atoms with Crippen LogP contribution < -0.4 is 15.4 Å². The van der Waals surface area contributed by atoms with Gasteiger partial charge in [-0.1, -0.05) is 19.1 Å². The van der Waals surface area contributed by atoms with Crippen molar-refractivity contribution in [1.29, 1.82) is 0 Å². The van der Waals surface area contributed by atoms with Crippen LogP contribution in [0.3, 0.4) is 0 Å². The molecular weight excluding hydrogens is 240 g/mol. The number of ether oxygens (including phenoxy) is 1. The molecule has 0 aromatic heterocycles. The smallest absolute Gasteiger partial charge is 0.315 e. The van der Waals surface area contributed by atoms with Gasteiger partial charge in [0.2, 0.25) is 0 Å². The highest BCUT2D eigenvalue weighted by atomic mass is 16.5. The summed E-state index contributed by atoms with van der Waals surface area (Å²) in [5.41, 5.74) is 1.03. The molecule has 1 aromatic rings. The van der Waals surface area contributed by atoms with Crippen LogP contribution >= 0.6 is 0 Å². The molecule has 106 valence electrons. The molecule has 2 amide bonds. The quantitative estimate of drug-likeness (QED) is 0.828. The van der Waals surface area contributed by atoms with Crippen molar-refractivity contribution in [3.05, 3.63) is 29.8 Å². The summed E-state index contributed by atoms with van der Waals surface area (Å²) in [6, 6.07) is 7.79. The Morgan fingerprint density at radius 1 is 1.26 bits per heavy atom. The first-order valence-electron chi connectivity index (χ1n) is 6.86. The van der Waals surface area contributed by atoms with E-state index in [-0.39, 0.29) is 18.1 Å². The maximum absolute atomic E-state index is 11.8. The van der Waals surface area contributed by atoms with Crippen LogP contribution in [0, 0.1) is 0 Å². The second kappa shape index (κ2) is 7.67. The van der Waals surface area contributed by atoms with Gasteiger partial charge in [0.15, 0.2) is 0 Å². The van der Waals surface area contributed by atoms with Crippen molar-refractivity contribution in [3.8, 4) is 5.75 Å². The van der Waals surface area contributed by atoms with Gasteiger partial charge in [-0.3, -0.25) is 0 Å². The second-order valence-corrected chi connectivity index (χ2v) is 4.65. The number of nitrogens with one attached hydrogen (secondary N) is 2. The van der Waals surface area contributed by atoms with Crippen LogP contribution in [0.4, 0.5) is 4.79 Å². The van der Waals surface area contributed by atoms with Crippen LogP contribution in [-0.4, -0.2) is 18.7 Å². The molecule has 2 atom stereocenters. The highest BCUT2D eigenvalue weighted by Crippen LogP contribution is 2.19. The van der Waals surface area contributed by atoms with Crippen LogP contribution in [0.5, 0.6) is 5.75 Å². The van der Waals surface area contributed by atoms with E-state index in [1.807, 2.05) is 52.0 Å². The molecule has 2 N–H and O–H groups in total. The van der Waals surface area contributed by atoms with Gasteiger partial charge in [0, 0.05) is 6.04 Å². The summed E-state index contributed by atoms with van der Waals surface area (Å²) in [5.74, 6) is 0.830. The number of hydrogen-bond donors (Lipinski definition) is 2. The van der Waals surface area contributed by atoms with Crippen molar-refractivity contribution in [3.63, 3.8) is 0 Å². The minimum absolute atomic E-state index is 0.0514. The Morgan fingerprint density at radius 3 is 2.63 bits per heavy atom. The van der Waals surface area contributed by atoms with Gasteiger partial charge in [-0.2, -0.15) is 0 Å². The van der Waals surface area contributed by atoms with Crippen molar-refractivity contribution in [2.24, 2.45) is 0 Å². The third kappa shape index (κ3) is 5.20. The van der Waals surface area contributed by atoms with Gasteiger partial charge in [0.05, 0.1) is 12.6 Å². The number of benzene rings is 1. The SMILES string of the molecule is CCOc1cccc([C@H](C)NC(=O)N[C@@H](C)CC)c1. The molecule has 0 aliphatic rings. The lowest BCUT2D eigenvalue weighted by Crippen LogP contribution is -2.41. The van der Waals surface area contributed by atoms with E-state index in [0.717, 1.165) is 17.7 Å². The van der Waals surface area contributed by atoms with Crippen molar-refractivity contribution in [2.45, 2.75) is 46.2 Å². The molecule has 0 saturated carbocycles. The largest absolute Gasteiger partial charge is 0.494 e. The van der Waals surface area contributed by atoms with Crippen molar-refractivity contribution >= 4 is 6.03 Å².